The molecule has 6 aliphatic heterocycles. The largest absolute Gasteiger partial charge is 0.469 e. The lowest BCUT2D eigenvalue weighted by Gasteiger charge is -2.36. The molecule has 2 aromatic heterocycles. The van der Waals surface area contributed by atoms with Crippen LogP contribution in [-0.2, 0) is 42.9 Å². The third kappa shape index (κ3) is 19.0. The minimum absolute atomic E-state index is 0.0214. The van der Waals surface area contributed by atoms with Crippen molar-refractivity contribution in [2.24, 2.45) is 45.5 Å². The predicted octanol–water partition coefficient (Wildman–Crippen LogP) is 12.4. The smallest absolute Gasteiger partial charge is 0.410 e. The van der Waals surface area contributed by atoms with E-state index in [-0.39, 0.29) is 103 Å². The first-order chi connectivity index (χ1) is 53.8. The van der Waals surface area contributed by atoms with Gasteiger partial charge in [0, 0.05) is 68.1 Å². The Labute approximate surface area is 655 Å². The number of H-pyrrole nitrogens is 2. The number of likely N-dealkylation sites (tertiary alicyclic amines) is 3. The zero-order valence-corrected chi connectivity index (χ0v) is 66.6. The highest BCUT2D eigenvalue weighted by molar-refractivity contribution is 6.03. The number of nitrogens with zero attached hydrogens (tertiary/aromatic N) is 9. The molecule has 12 rings (SSSR count). The number of aromatic nitrogens is 4. The van der Waals surface area contributed by atoms with Crippen molar-refractivity contribution in [3.63, 3.8) is 0 Å². The van der Waals surface area contributed by atoms with Crippen molar-refractivity contribution in [2.75, 3.05) is 68.4 Å². The molecule has 0 radical (unpaired) electrons. The van der Waals surface area contributed by atoms with E-state index in [2.05, 4.69) is 113 Å². The molecule has 0 bridgehead atoms. The van der Waals surface area contributed by atoms with E-state index in [4.69, 9.17) is 33.7 Å². The average molecular weight is 1540 g/mol. The summed E-state index contributed by atoms with van der Waals surface area (Å²) in [6.45, 7) is 17.8. The van der Waals surface area contributed by atoms with E-state index >= 15 is 0 Å². The Hall–Kier alpha value is -10.3. The first-order valence-corrected chi connectivity index (χ1v) is 39.0. The number of amides is 5. The second-order valence-electron chi connectivity index (χ2n) is 31.1. The third-order valence-corrected chi connectivity index (χ3v) is 22.8. The molecule has 27 heteroatoms. The number of methoxy groups -OCH3 is 5. The summed E-state index contributed by atoms with van der Waals surface area (Å²) in [5, 5.41) is 28.2. The number of carbonyl (C=O) groups is 7. The maximum atomic E-state index is 13.8. The van der Waals surface area contributed by atoms with Crippen molar-refractivity contribution in [3.8, 4) is 44.8 Å². The van der Waals surface area contributed by atoms with Crippen LogP contribution < -0.4 is 10.6 Å². The van der Waals surface area contributed by atoms with Gasteiger partial charge in [-0.2, -0.15) is 0 Å². The van der Waals surface area contributed by atoms with E-state index in [9.17, 15) is 43.8 Å². The first-order valence-electron chi connectivity index (χ1n) is 39.0. The minimum atomic E-state index is -0.878. The molecule has 598 valence electrons. The molecule has 6 N–H and O–H groups in total. The maximum absolute atomic E-state index is 13.8. The standard InChI is InChI=1S/C43H55N7O8.C42H54N6O6/c1-25(2)32(20-37(51)56-5)40(52)49-18-8-9-35(49)33-19-31(21-44-33)29-12-10-27(11-13-29)28-14-16-30(17-15-28)34-22-45-39(46-34)36-23-48(43(55)58-7)24-50(36)41(53)38(26(3)4)47-42(54)57-6;1-25(2)32(22-37(49)53-5)40(50)47-19-7-9-35(47)33-21-31(23-43-33)29-13-11-27(12-14-29)28-15-17-30(18-16-28)34-24-44-39(45-34)36-10-8-20-48(36)41(51)38(26(3)4)46-42(52)54-6/h10-17,21-22,25-26,32,35-36,38,40,52H,8-9,18-20,23-24H2,1-7H3,(H,45,46)(H,47,54);11-18,23-26,32,35-36,38,40,50H,7-10,19-22H2,1-6H3,(H,44,45)(H,46,52)/t2*32-,35-,36-,38-,40+/m00/s1. The van der Waals surface area contributed by atoms with Crippen molar-refractivity contribution < 1.29 is 67.5 Å². The zero-order chi connectivity index (χ0) is 80.2. The number of hydrogen-bond acceptors (Lipinski definition) is 20. The monoisotopic (exact) mass is 1540 g/mol. The number of imidazole rings is 2. The lowest BCUT2D eigenvalue weighted by molar-refractivity contribution is -0.146. The molecule has 6 aromatic rings. The number of carbonyl (C=O) groups excluding carboxylic acids is 7. The number of ether oxygens (including phenoxy) is 5. The van der Waals surface area contributed by atoms with Crippen LogP contribution in [0.1, 0.15) is 154 Å². The molecule has 5 amide bonds. The summed E-state index contributed by atoms with van der Waals surface area (Å²) >= 11 is 0. The molecule has 6 aliphatic rings. The van der Waals surface area contributed by atoms with E-state index in [1.165, 1.54) is 45.3 Å². The number of benzene rings is 4. The number of rotatable bonds is 26. The van der Waals surface area contributed by atoms with E-state index in [1.807, 2.05) is 103 Å². The molecule has 0 saturated carbocycles. The minimum Gasteiger partial charge on any atom is -0.469 e. The highest BCUT2D eigenvalue weighted by atomic mass is 16.6. The van der Waals surface area contributed by atoms with Crippen molar-refractivity contribution >= 4 is 64.6 Å². The van der Waals surface area contributed by atoms with Crippen LogP contribution in [0, 0.1) is 35.5 Å². The van der Waals surface area contributed by atoms with Gasteiger partial charge < -0.3 is 64.3 Å². The van der Waals surface area contributed by atoms with Gasteiger partial charge in [0.25, 0.3) is 0 Å². The van der Waals surface area contributed by atoms with Crippen LogP contribution in [0.15, 0.2) is 132 Å². The molecule has 0 unspecified atom stereocenters. The highest BCUT2D eigenvalue weighted by Crippen LogP contribution is 2.40. The summed E-state index contributed by atoms with van der Waals surface area (Å²) in [7, 11) is 6.59. The number of aliphatic hydroxyl groups is 2. The summed E-state index contributed by atoms with van der Waals surface area (Å²) < 4.78 is 24.3. The molecule has 4 saturated heterocycles. The fraction of sp³-hybridized carbons (Fsp3) is 0.494. The van der Waals surface area contributed by atoms with Gasteiger partial charge in [-0.25, -0.2) is 24.4 Å². The van der Waals surface area contributed by atoms with Crippen LogP contribution in [0.5, 0.6) is 0 Å². The molecule has 4 fully saturated rings. The molecule has 8 heterocycles. The van der Waals surface area contributed by atoms with Gasteiger partial charge in [0.2, 0.25) is 11.8 Å². The normalized spacial score (nSPS) is 20.2. The number of aliphatic hydroxyl groups excluding tert-OH is 2. The van der Waals surface area contributed by atoms with Crippen LogP contribution in [0.2, 0.25) is 0 Å². The van der Waals surface area contributed by atoms with Gasteiger partial charge in [0.15, 0.2) is 0 Å². The fourth-order valence-electron chi connectivity index (χ4n) is 16.2. The molecule has 0 aliphatic carbocycles. The van der Waals surface area contributed by atoms with Gasteiger partial charge in [-0.05, 0) is 118 Å². The Morgan fingerprint density at radius 3 is 1.20 bits per heavy atom. The molecule has 0 spiro atoms. The fourth-order valence-corrected chi connectivity index (χ4v) is 16.2. The summed E-state index contributed by atoms with van der Waals surface area (Å²) in [6, 6.07) is 31.1. The summed E-state index contributed by atoms with van der Waals surface area (Å²) in [5.74, 6) is -0.431. The van der Waals surface area contributed by atoms with E-state index in [0.717, 1.165) is 142 Å². The quantitative estimate of drug-likeness (QED) is 0.0217. The average Bonchev–Trinajstić information content (AvgIpc) is 1.63. The number of allylic oxidation sites excluding steroid dienone is 2. The second-order valence-corrected chi connectivity index (χ2v) is 31.1. The van der Waals surface area contributed by atoms with Crippen molar-refractivity contribution in [3.05, 3.63) is 145 Å². The molecule has 10 atom stereocenters. The van der Waals surface area contributed by atoms with Crippen molar-refractivity contribution in [1.29, 1.82) is 0 Å². The first kappa shape index (κ1) is 82.6. The lowest BCUT2D eigenvalue weighted by atomic mass is 9.89. The van der Waals surface area contributed by atoms with Crippen LogP contribution >= 0.6 is 0 Å². The molecule has 27 nitrogen and oxygen atoms in total. The van der Waals surface area contributed by atoms with E-state index < -0.39 is 48.9 Å². The summed E-state index contributed by atoms with van der Waals surface area (Å²) in [4.78, 5) is 123. The Kier molecular flexibility index (Phi) is 27.5. The molecular formula is C85H109N13O14. The Morgan fingerprint density at radius 2 is 0.821 bits per heavy atom. The maximum Gasteiger partial charge on any atom is 0.410 e. The van der Waals surface area contributed by atoms with Crippen LogP contribution in [0.25, 0.3) is 55.9 Å². The number of alkyl carbamates (subject to hydrolysis) is 2. The third-order valence-electron chi connectivity index (χ3n) is 22.8. The number of hydrogen-bond donors (Lipinski definition) is 6. The van der Waals surface area contributed by atoms with Gasteiger partial charge in [-0.1, -0.05) is 152 Å². The number of aliphatic imine (C=N–C) groups is 2. The number of aromatic amines is 2. The number of esters is 2. The van der Waals surface area contributed by atoms with Crippen molar-refractivity contribution in [1.82, 2.24) is 55.1 Å². The summed E-state index contributed by atoms with van der Waals surface area (Å²) in [6.07, 6.45) is 11.2. The van der Waals surface area contributed by atoms with Crippen molar-refractivity contribution in [2.45, 2.75) is 168 Å². The number of nitrogens with one attached hydrogen (secondary N) is 4. The van der Waals surface area contributed by atoms with Gasteiger partial charge in [0.1, 0.15) is 42.2 Å². The Bertz CT molecular complexity index is 4410. The molecular weight excluding hydrogens is 1430 g/mol. The highest BCUT2D eigenvalue weighted by Gasteiger charge is 2.45. The van der Waals surface area contributed by atoms with Gasteiger partial charge >= 0.3 is 30.2 Å². The topological polar surface area (TPSA) is 328 Å². The van der Waals surface area contributed by atoms with Crippen LogP contribution in [0.3, 0.4) is 0 Å². The SMILES string of the molecule is COC(=O)C[C@@H](C(C)C)[C@@H](O)N1CCC[C@H]1C1=NC=C(c2ccc(-c3ccc(-c4cnc([C@@H]5CCCN5C(=O)[C@@H](NC(=O)OC)C(C)C)[nH]4)cc3)cc2)C1.COC(=O)C[C@@H](C(C)C)[C@@H](O)N1CCC[C@H]1C1=NC=C(c2ccc(-c3ccc(-c4cnc([C@@H]5CN(C(=O)OC)CN5C(=O)[C@@H](NC(=O)OC)C(C)C)[nH]4)cc3)cc2)C1. The van der Waals surface area contributed by atoms with Gasteiger partial charge in [-0.15, -0.1) is 0 Å². The Balaban J connectivity index is 0.000000222. The molecule has 112 heavy (non-hydrogen) atoms. The lowest BCUT2D eigenvalue weighted by Crippen LogP contribution is -2.51. The Morgan fingerprint density at radius 1 is 0.455 bits per heavy atom. The van der Waals surface area contributed by atoms with E-state index in [0.29, 0.717) is 18.8 Å². The van der Waals surface area contributed by atoms with E-state index in [1.54, 1.807) is 6.20 Å². The summed E-state index contributed by atoms with van der Waals surface area (Å²) in [5.41, 5.74) is 14.4. The zero-order valence-electron chi connectivity index (χ0n) is 66.6. The van der Waals surface area contributed by atoms with Gasteiger partial charge in [-0.3, -0.25) is 43.9 Å². The molecule has 4 aromatic carbocycles. The predicted molar refractivity (Wildman–Crippen MR) is 426 cm³/mol. The van der Waals surface area contributed by atoms with Gasteiger partial charge in [0.05, 0.1) is 104 Å². The van der Waals surface area contributed by atoms with Crippen LogP contribution in [0.4, 0.5) is 14.4 Å². The second kappa shape index (κ2) is 37.3. The van der Waals surface area contributed by atoms with Crippen LogP contribution in [-0.4, -0.2) is 213 Å².